The van der Waals surface area contributed by atoms with Gasteiger partial charge in [-0.3, -0.25) is 0 Å². The van der Waals surface area contributed by atoms with Crippen molar-refractivity contribution in [2.75, 3.05) is 19.7 Å². The molecule has 3 heteroatoms. The number of nitrogens with one attached hydrogen (secondary N) is 1. The standard InChI is InChI=1S/C9H13NO.C6H14O/c1-4-10-5-2-8(1)9-3-6-11-7-9;1-3-6(4-2)5-7/h3,6-8,10H,1-2,4-5H2;6-7H,3-5H2,1-2H3. The first-order valence-corrected chi connectivity index (χ1v) is 7.15. The highest BCUT2D eigenvalue weighted by Gasteiger charge is 2.15. The third-order valence-corrected chi connectivity index (χ3v) is 3.77. The van der Waals surface area contributed by atoms with Crippen LogP contribution in [-0.2, 0) is 0 Å². The van der Waals surface area contributed by atoms with Gasteiger partial charge >= 0.3 is 0 Å². The lowest BCUT2D eigenvalue weighted by Crippen LogP contribution is -2.26. The average Bonchev–Trinajstić information content (AvgIpc) is 2.96. The van der Waals surface area contributed by atoms with Gasteiger partial charge in [0.1, 0.15) is 0 Å². The Labute approximate surface area is 111 Å². The SMILES string of the molecule is CCC(CC)CO.c1cc(C2CCNCC2)co1. The van der Waals surface area contributed by atoms with Gasteiger partial charge in [0.05, 0.1) is 12.5 Å². The third-order valence-electron chi connectivity index (χ3n) is 3.77. The lowest BCUT2D eigenvalue weighted by atomic mass is 9.92. The van der Waals surface area contributed by atoms with Crippen molar-refractivity contribution >= 4 is 0 Å². The maximum atomic E-state index is 8.53. The molecule has 1 fully saturated rings. The van der Waals surface area contributed by atoms with E-state index in [1.165, 1.54) is 18.4 Å². The van der Waals surface area contributed by atoms with Crippen molar-refractivity contribution in [2.24, 2.45) is 5.92 Å². The van der Waals surface area contributed by atoms with E-state index >= 15 is 0 Å². The first-order valence-electron chi connectivity index (χ1n) is 7.15. The second-order valence-corrected chi connectivity index (χ2v) is 4.95. The van der Waals surface area contributed by atoms with Gasteiger partial charge in [-0.25, -0.2) is 0 Å². The fourth-order valence-corrected chi connectivity index (χ4v) is 2.21. The molecule has 0 amide bonds. The molecule has 2 heterocycles. The van der Waals surface area contributed by atoms with Crippen LogP contribution in [0.15, 0.2) is 23.0 Å². The van der Waals surface area contributed by atoms with Crippen molar-refractivity contribution in [3.05, 3.63) is 24.2 Å². The number of furan rings is 1. The van der Waals surface area contributed by atoms with Crippen LogP contribution < -0.4 is 5.32 Å². The molecular weight excluding hydrogens is 226 g/mol. The number of rotatable bonds is 4. The number of hydrogen-bond acceptors (Lipinski definition) is 3. The van der Waals surface area contributed by atoms with E-state index in [9.17, 15) is 0 Å². The van der Waals surface area contributed by atoms with Gasteiger partial charge in [0.15, 0.2) is 0 Å². The monoisotopic (exact) mass is 253 g/mol. The van der Waals surface area contributed by atoms with Crippen molar-refractivity contribution in [1.82, 2.24) is 5.32 Å². The molecule has 0 aliphatic carbocycles. The van der Waals surface area contributed by atoms with Crippen LogP contribution in [0.5, 0.6) is 0 Å². The Morgan fingerprint density at radius 3 is 2.39 bits per heavy atom. The van der Waals surface area contributed by atoms with E-state index in [0.717, 1.165) is 31.8 Å². The topological polar surface area (TPSA) is 45.4 Å². The fourth-order valence-electron chi connectivity index (χ4n) is 2.21. The minimum Gasteiger partial charge on any atom is -0.472 e. The number of piperidine rings is 1. The first-order chi connectivity index (χ1) is 8.81. The normalized spacial score (nSPS) is 16.4. The van der Waals surface area contributed by atoms with E-state index < -0.39 is 0 Å². The highest BCUT2D eigenvalue weighted by atomic mass is 16.3. The molecule has 1 aromatic rings. The van der Waals surface area contributed by atoms with Gasteiger partial charge in [0, 0.05) is 6.61 Å². The lowest BCUT2D eigenvalue weighted by molar-refractivity contribution is 0.219. The smallest absolute Gasteiger partial charge is 0.0937 e. The Kier molecular flexibility index (Phi) is 7.78. The van der Waals surface area contributed by atoms with Crippen molar-refractivity contribution < 1.29 is 9.52 Å². The second-order valence-electron chi connectivity index (χ2n) is 4.95. The zero-order valence-corrected chi connectivity index (χ0v) is 11.7. The van der Waals surface area contributed by atoms with E-state index in [4.69, 9.17) is 9.52 Å². The van der Waals surface area contributed by atoms with Crippen molar-refractivity contribution in [3.8, 4) is 0 Å². The van der Waals surface area contributed by atoms with Crippen LogP contribution in [0.3, 0.4) is 0 Å². The molecule has 1 aliphatic heterocycles. The molecule has 1 saturated heterocycles. The Morgan fingerprint density at radius 1 is 1.33 bits per heavy atom. The van der Waals surface area contributed by atoms with Gasteiger partial charge in [0.25, 0.3) is 0 Å². The maximum absolute atomic E-state index is 8.53. The van der Waals surface area contributed by atoms with Crippen LogP contribution in [0.4, 0.5) is 0 Å². The summed E-state index contributed by atoms with van der Waals surface area (Å²) in [5.41, 5.74) is 1.37. The highest BCUT2D eigenvalue weighted by molar-refractivity contribution is 5.13. The summed E-state index contributed by atoms with van der Waals surface area (Å²) in [6.07, 6.45) is 8.34. The summed E-state index contributed by atoms with van der Waals surface area (Å²) in [4.78, 5) is 0. The van der Waals surface area contributed by atoms with Crippen molar-refractivity contribution in [3.63, 3.8) is 0 Å². The van der Waals surface area contributed by atoms with Gasteiger partial charge in [-0.2, -0.15) is 0 Å². The summed E-state index contributed by atoms with van der Waals surface area (Å²) in [6, 6.07) is 2.08. The molecule has 0 radical (unpaired) electrons. The van der Waals surface area contributed by atoms with Crippen LogP contribution >= 0.6 is 0 Å². The highest BCUT2D eigenvalue weighted by Crippen LogP contribution is 2.24. The summed E-state index contributed by atoms with van der Waals surface area (Å²) in [7, 11) is 0. The first kappa shape index (κ1) is 15.3. The quantitative estimate of drug-likeness (QED) is 0.866. The van der Waals surface area contributed by atoms with Gasteiger partial charge < -0.3 is 14.8 Å². The summed E-state index contributed by atoms with van der Waals surface area (Å²) >= 11 is 0. The van der Waals surface area contributed by atoms with Crippen LogP contribution in [0, 0.1) is 5.92 Å². The molecule has 0 unspecified atom stereocenters. The molecule has 0 saturated carbocycles. The second kappa shape index (κ2) is 9.17. The summed E-state index contributed by atoms with van der Waals surface area (Å²) in [6.45, 7) is 6.85. The summed E-state index contributed by atoms with van der Waals surface area (Å²) < 4.78 is 5.05. The van der Waals surface area contributed by atoms with E-state index in [1.54, 1.807) is 6.26 Å². The minimum absolute atomic E-state index is 0.354. The lowest BCUT2D eigenvalue weighted by Gasteiger charge is -2.20. The average molecular weight is 253 g/mol. The predicted octanol–water partition coefficient (Wildman–Crippen LogP) is 3.16. The fraction of sp³-hybridized carbons (Fsp3) is 0.733. The Bertz CT molecular complexity index is 269. The number of aliphatic hydroxyl groups is 1. The largest absolute Gasteiger partial charge is 0.472 e. The number of aliphatic hydroxyl groups excluding tert-OH is 1. The molecule has 0 bridgehead atoms. The molecule has 2 rings (SSSR count). The van der Waals surface area contributed by atoms with Gasteiger partial charge in [0.2, 0.25) is 0 Å². The zero-order chi connectivity index (χ0) is 13.2. The Balaban J connectivity index is 0.000000203. The van der Waals surface area contributed by atoms with Gasteiger partial charge in [-0.1, -0.05) is 26.7 Å². The number of hydrogen-bond donors (Lipinski definition) is 2. The van der Waals surface area contributed by atoms with Crippen molar-refractivity contribution in [1.29, 1.82) is 0 Å². The van der Waals surface area contributed by atoms with Crippen LogP contribution in [-0.4, -0.2) is 24.8 Å². The van der Waals surface area contributed by atoms with E-state index in [0.29, 0.717) is 12.5 Å². The van der Waals surface area contributed by atoms with Crippen LogP contribution in [0.1, 0.15) is 51.0 Å². The molecule has 1 aliphatic rings. The molecule has 0 atom stereocenters. The van der Waals surface area contributed by atoms with Crippen LogP contribution in [0.2, 0.25) is 0 Å². The minimum atomic E-state index is 0.354. The molecule has 0 aromatic carbocycles. The molecule has 2 N–H and O–H groups in total. The van der Waals surface area contributed by atoms with Gasteiger partial charge in [-0.05, 0) is 49.4 Å². The molecule has 1 aromatic heterocycles. The van der Waals surface area contributed by atoms with E-state index in [-0.39, 0.29) is 0 Å². The summed E-state index contributed by atoms with van der Waals surface area (Å²) in [5, 5.41) is 11.9. The van der Waals surface area contributed by atoms with Crippen molar-refractivity contribution in [2.45, 2.75) is 45.4 Å². The molecule has 3 nitrogen and oxygen atoms in total. The van der Waals surface area contributed by atoms with Crippen LogP contribution in [0.25, 0.3) is 0 Å². The third kappa shape index (κ3) is 5.23. The Morgan fingerprint density at radius 2 is 2.00 bits per heavy atom. The molecule has 18 heavy (non-hydrogen) atoms. The van der Waals surface area contributed by atoms with E-state index in [1.807, 2.05) is 6.26 Å². The zero-order valence-electron chi connectivity index (χ0n) is 11.7. The Hall–Kier alpha value is -0.800. The molecule has 0 spiro atoms. The predicted molar refractivity (Wildman–Crippen MR) is 74.7 cm³/mol. The van der Waals surface area contributed by atoms with Gasteiger partial charge in [-0.15, -0.1) is 0 Å². The van der Waals surface area contributed by atoms with E-state index in [2.05, 4.69) is 25.2 Å². The summed E-state index contributed by atoms with van der Waals surface area (Å²) in [5.74, 6) is 1.27. The maximum Gasteiger partial charge on any atom is 0.0937 e. The molecular formula is C15H27NO2. The molecule has 104 valence electrons.